The first-order valence-corrected chi connectivity index (χ1v) is 6.83. The van der Waals surface area contributed by atoms with E-state index in [9.17, 15) is 4.39 Å². The lowest BCUT2D eigenvalue weighted by molar-refractivity contribution is 0.301. The van der Waals surface area contributed by atoms with Gasteiger partial charge in [0.2, 0.25) is 0 Å². The Labute approximate surface area is 131 Å². The Bertz CT molecular complexity index is 543. The first-order valence-electron chi connectivity index (χ1n) is 6.83. The van der Waals surface area contributed by atoms with Crippen molar-refractivity contribution in [1.82, 2.24) is 5.32 Å². The lowest BCUT2D eigenvalue weighted by atomic mass is 10.2. The third kappa shape index (κ3) is 5.74. The van der Waals surface area contributed by atoms with Crippen LogP contribution in [-0.4, -0.2) is 6.04 Å². The van der Waals surface area contributed by atoms with Gasteiger partial charge >= 0.3 is 0 Å². The van der Waals surface area contributed by atoms with Crippen LogP contribution in [0.1, 0.15) is 25.0 Å². The van der Waals surface area contributed by atoms with E-state index in [4.69, 9.17) is 4.74 Å². The van der Waals surface area contributed by atoms with Crippen LogP contribution in [0.3, 0.4) is 0 Å². The standard InChI is InChI=1S/C17H20FNO.ClH/c1-13(2)19-11-15-5-3-4-6-17(15)20-12-14-7-9-16(18)10-8-14;/h3-10,13,19H,11-12H2,1-2H3;1H. The average Bonchev–Trinajstić information content (AvgIpc) is 2.45. The summed E-state index contributed by atoms with van der Waals surface area (Å²) in [7, 11) is 0. The van der Waals surface area contributed by atoms with Crippen LogP contribution in [-0.2, 0) is 13.2 Å². The predicted molar refractivity (Wildman–Crippen MR) is 86.4 cm³/mol. The first-order chi connectivity index (χ1) is 9.65. The highest BCUT2D eigenvalue weighted by Gasteiger charge is 2.04. The zero-order valence-corrected chi connectivity index (χ0v) is 13.1. The number of rotatable bonds is 6. The van der Waals surface area contributed by atoms with Crippen molar-refractivity contribution >= 4 is 12.4 Å². The largest absolute Gasteiger partial charge is 0.489 e. The van der Waals surface area contributed by atoms with E-state index in [1.807, 2.05) is 18.2 Å². The Kier molecular flexibility index (Phi) is 7.20. The number of benzene rings is 2. The van der Waals surface area contributed by atoms with Crippen LogP contribution < -0.4 is 10.1 Å². The second-order valence-corrected chi connectivity index (χ2v) is 5.06. The number of hydrogen-bond donors (Lipinski definition) is 1. The van der Waals surface area contributed by atoms with Gasteiger partial charge in [0.25, 0.3) is 0 Å². The monoisotopic (exact) mass is 309 g/mol. The van der Waals surface area contributed by atoms with E-state index in [2.05, 4.69) is 25.2 Å². The molecule has 0 unspecified atom stereocenters. The minimum Gasteiger partial charge on any atom is -0.489 e. The summed E-state index contributed by atoms with van der Waals surface area (Å²) in [5.74, 6) is 0.639. The van der Waals surface area contributed by atoms with Crippen LogP contribution in [0.5, 0.6) is 5.75 Å². The molecule has 0 heterocycles. The molecule has 0 aromatic heterocycles. The summed E-state index contributed by atoms with van der Waals surface area (Å²) in [6.07, 6.45) is 0. The highest BCUT2D eigenvalue weighted by molar-refractivity contribution is 5.85. The van der Waals surface area contributed by atoms with Crippen molar-refractivity contribution in [3.63, 3.8) is 0 Å². The number of hydrogen-bond acceptors (Lipinski definition) is 2. The van der Waals surface area contributed by atoms with Gasteiger partial charge in [-0.3, -0.25) is 0 Å². The van der Waals surface area contributed by atoms with Gasteiger partial charge in [-0.25, -0.2) is 4.39 Å². The third-order valence-electron chi connectivity index (χ3n) is 2.98. The lowest BCUT2D eigenvalue weighted by Crippen LogP contribution is -2.22. The van der Waals surface area contributed by atoms with Crippen molar-refractivity contribution in [3.05, 3.63) is 65.5 Å². The van der Waals surface area contributed by atoms with Gasteiger partial charge in [-0.1, -0.05) is 44.2 Å². The molecule has 0 amide bonds. The fourth-order valence-electron chi connectivity index (χ4n) is 1.85. The van der Waals surface area contributed by atoms with Gasteiger partial charge in [-0.15, -0.1) is 12.4 Å². The summed E-state index contributed by atoms with van der Waals surface area (Å²) in [4.78, 5) is 0. The molecule has 0 bridgehead atoms. The normalized spacial score (nSPS) is 10.3. The molecule has 0 aliphatic rings. The molecule has 4 heteroatoms. The quantitative estimate of drug-likeness (QED) is 0.858. The molecule has 1 N–H and O–H groups in total. The fraction of sp³-hybridized carbons (Fsp3) is 0.294. The highest BCUT2D eigenvalue weighted by Crippen LogP contribution is 2.19. The SMILES string of the molecule is CC(C)NCc1ccccc1OCc1ccc(F)cc1.Cl. The van der Waals surface area contributed by atoms with E-state index >= 15 is 0 Å². The molecule has 0 atom stereocenters. The minimum absolute atomic E-state index is 0. The van der Waals surface area contributed by atoms with Gasteiger partial charge in [-0.2, -0.15) is 0 Å². The van der Waals surface area contributed by atoms with Crippen LogP contribution in [0.15, 0.2) is 48.5 Å². The average molecular weight is 310 g/mol. The molecule has 2 rings (SSSR count). The topological polar surface area (TPSA) is 21.3 Å². The number of halogens is 2. The van der Waals surface area contributed by atoms with Crippen molar-refractivity contribution in [2.75, 3.05) is 0 Å². The summed E-state index contributed by atoms with van der Waals surface area (Å²) in [5, 5.41) is 3.38. The van der Waals surface area contributed by atoms with Crippen molar-refractivity contribution in [1.29, 1.82) is 0 Å². The van der Waals surface area contributed by atoms with Crippen LogP contribution in [0.4, 0.5) is 4.39 Å². The molecule has 0 aliphatic carbocycles. The van der Waals surface area contributed by atoms with Gasteiger partial charge in [0.05, 0.1) is 0 Å². The molecular formula is C17H21ClFNO. The fourth-order valence-corrected chi connectivity index (χ4v) is 1.85. The second-order valence-electron chi connectivity index (χ2n) is 5.06. The maximum Gasteiger partial charge on any atom is 0.124 e. The maximum absolute atomic E-state index is 12.8. The molecule has 0 saturated heterocycles. The summed E-state index contributed by atoms with van der Waals surface area (Å²) < 4.78 is 18.7. The highest BCUT2D eigenvalue weighted by atomic mass is 35.5. The first kappa shape index (κ1) is 17.5. The Hall–Kier alpha value is -1.58. The molecular weight excluding hydrogens is 289 g/mol. The molecule has 2 nitrogen and oxygen atoms in total. The molecule has 2 aromatic carbocycles. The Balaban J connectivity index is 0.00000220. The van der Waals surface area contributed by atoms with Crippen LogP contribution in [0.25, 0.3) is 0 Å². The minimum atomic E-state index is -0.227. The van der Waals surface area contributed by atoms with Crippen molar-refractivity contribution < 1.29 is 9.13 Å². The zero-order chi connectivity index (χ0) is 14.4. The second kappa shape index (κ2) is 8.65. The van der Waals surface area contributed by atoms with Gasteiger partial charge < -0.3 is 10.1 Å². The summed E-state index contributed by atoms with van der Waals surface area (Å²) in [6, 6.07) is 14.8. The number of nitrogens with one attached hydrogen (secondary N) is 1. The van der Waals surface area contributed by atoms with Crippen LogP contribution in [0, 0.1) is 5.82 Å². The smallest absolute Gasteiger partial charge is 0.124 e. The van der Waals surface area contributed by atoms with Gasteiger partial charge in [-0.05, 0) is 23.8 Å². The molecule has 0 aliphatic heterocycles. The molecule has 21 heavy (non-hydrogen) atoms. The van der Waals surface area contributed by atoms with E-state index in [-0.39, 0.29) is 18.2 Å². The zero-order valence-electron chi connectivity index (χ0n) is 12.3. The number of para-hydroxylation sites is 1. The van der Waals surface area contributed by atoms with E-state index < -0.39 is 0 Å². The molecule has 0 saturated carbocycles. The van der Waals surface area contributed by atoms with E-state index in [1.165, 1.54) is 12.1 Å². The van der Waals surface area contributed by atoms with Crippen molar-refractivity contribution in [2.24, 2.45) is 0 Å². The Morgan fingerprint density at radius 3 is 2.38 bits per heavy atom. The molecule has 114 valence electrons. The maximum atomic E-state index is 12.8. The van der Waals surface area contributed by atoms with Crippen LogP contribution >= 0.6 is 12.4 Å². The lowest BCUT2D eigenvalue weighted by Gasteiger charge is -2.13. The molecule has 0 radical (unpaired) electrons. The van der Waals surface area contributed by atoms with Crippen molar-refractivity contribution in [3.8, 4) is 5.75 Å². The molecule has 2 aromatic rings. The summed E-state index contributed by atoms with van der Waals surface area (Å²) in [5.41, 5.74) is 2.08. The summed E-state index contributed by atoms with van der Waals surface area (Å²) in [6.45, 7) is 5.44. The Morgan fingerprint density at radius 1 is 1.05 bits per heavy atom. The third-order valence-corrected chi connectivity index (χ3v) is 2.98. The van der Waals surface area contributed by atoms with Crippen LogP contribution in [0.2, 0.25) is 0 Å². The van der Waals surface area contributed by atoms with E-state index in [0.29, 0.717) is 12.6 Å². The Morgan fingerprint density at radius 2 is 1.71 bits per heavy atom. The number of ether oxygens (including phenoxy) is 1. The van der Waals surface area contributed by atoms with E-state index in [1.54, 1.807) is 12.1 Å². The van der Waals surface area contributed by atoms with Gasteiger partial charge in [0.1, 0.15) is 18.2 Å². The molecule has 0 fully saturated rings. The van der Waals surface area contributed by atoms with Gasteiger partial charge in [0, 0.05) is 18.2 Å². The molecule has 0 spiro atoms. The van der Waals surface area contributed by atoms with E-state index in [0.717, 1.165) is 23.4 Å². The van der Waals surface area contributed by atoms with Crippen molar-refractivity contribution in [2.45, 2.75) is 33.0 Å². The van der Waals surface area contributed by atoms with Gasteiger partial charge in [0.15, 0.2) is 0 Å². The predicted octanol–water partition coefficient (Wildman–Crippen LogP) is 4.32. The summed E-state index contributed by atoms with van der Waals surface area (Å²) >= 11 is 0.